The van der Waals surface area contributed by atoms with Crippen LogP contribution in [-0.4, -0.2) is 30.0 Å². The molecule has 0 aliphatic heterocycles. The minimum absolute atomic E-state index is 1.14. The van der Waals surface area contributed by atoms with Crippen molar-refractivity contribution in [1.82, 2.24) is 9.58 Å². The standard InChI is InChI=1S/C15H15N3/c1-17(2)11-16-18-14-9-5-3-7-12(14)13-8-4-6-10-15(13)18/h3-11H,1-2H3. The van der Waals surface area contributed by atoms with Gasteiger partial charge in [-0.3, -0.25) is 0 Å². The molecule has 0 saturated carbocycles. The average molecular weight is 237 g/mol. The van der Waals surface area contributed by atoms with Gasteiger partial charge in [0.1, 0.15) is 6.34 Å². The van der Waals surface area contributed by atoms with Crippen LogP contribution in [0.2, 0.25) is 0 Å². The van der Waals surface area contributed by atoms with Gasteiger partial charge in [-0.2, -0.15) is 5.10 Å². The van der Waals surface area contributed by atoms with Crippen molar-refractivity contribution in [2.24, 2.45) is 5.10 Å². The first kappa shape index (κ1) is 10.8. The lowest BCUT2D eigenvalue weighted by Crippen LogP contribution is -2.09. The normalized spacial score (nSPS) is 11.7. The lowest BCUT2D eigenvalue weighted by atomic mass is 10.2. The molecule has 3 nitrogen and oxygen atoms in total. The third kappa shape index (κ3) is 1.64. The number of aromatic nitrogens is 1. The average Bonchev–Trinajstić information content (AvgIpc) is 2.71. The van der Waals surface area contributed by atoms with Crippen LogP contribution in [0.5, 0.6) is 0 Å². The zero-order valence-electron chi connectivity index (χ0n) is 10.5. The predicted molar refractivity (Wildman–Crippen MR) is 77.0 cm³/mol. The van der Waals surface area contributed by atoms with Gasteiger partial charge in [0.2, 0.25) is 0 Å². The molecule has 0 spiro atoms. The largest absolute Gasteiger partial charge is 0.367 e. The molecule has 0 atom stereocenters. The quantitative estimate of drug-likeness (QED) is 0.495. The smallest absolute Gasteiger partial charge is 0.111 e. The lowest BCUT2D eigenvalue weighted by molar-refractivity contribution is 0.635. The molecule has 3 rings (SSSR count). The molecule has 3 heteroatoms. The van der Waals surface area contributed by atoms with Gasteiger partial charge in [-0.25, -0.2) is 4.68 Å². The fourth-order valence-electron chi connectivity index (χ4n) is 2.18. The Kier molecular flexibility index (Phi) is 2.52. The van der Waals surface area contributed by atoms with Gasteiger partial charge in [-0.05, 0) is 12.1 Å². The number of hydrogen-bond acceptors (Lipinski definition) is 1. The maximum atomic E-state index is 4.54. The van der Waals surface area contributed by atoms with Crippen molar-refractivity contribution < 1.29 is 0 Å². The van der Waals surface area contributed by atoms with Crippen LogP contribution in [-0.2, 0) is 0 Å². The van der Waals surface area contributed by atoms with Crippen molar-refractivity contribution in [1.29, 1.82) is 0 Å². The topological polar surface area (TPSA) is 20.5 Å². The third-order valence-corrected chi connectivity index (χ3v) is 2.95. The Bertz CT molecular complexity index is 670. The number of nitrogens with zero attached hydrogens (tertiary/aromatic N) is 3. The van der Waals surface area contributed by atoms with Crippen LogP contribution < -0.4 is 0 Å². The highest BCUT2D eigenvalue weighted by atomic mass is 15.4. The van der Waals surface area contributed by atoms with E-state index in [0.717, 1.165) is 11.0 Å². The predicted octanol–water partition coefficient (Wildman–Crippen LogP) is 3.15. The van der Waals surface area contributed by atoms with Crippen LogP contribution in [0.4, 0.5) is 0 Å². The number of para-hydroxylation sites is 2. The number of rotatable bonds is 2. The summed E-state index contributed by atoms with van der Waals surface area (Å²) in [7, 11) is 3.94. The minimum atomic E-state index is 1.14. The molecule has 3 aromatic rings. The maximum Gasteiger partial charge on any atom is 0.111 e. The molecule has 2 aromatic carbocycles. The summed E-state index contributed by atoms with van der Waals surface area (Å²) in [6.45, 7) is 0. The van der Waals surface area contributed by atoms with E-state index in [9.17, 15) is 0 Å². The first-order valence-corrected chi connectivity index (χ1v) is 5.96. The van der Waals surface area contributed by atoms with Crippen molar-refractivity contribution >= 4 is 28.1 Å². The van der Waals surface area contributed by atoms with Gasteiger partial charge in [0.15, 0.2) is 0 Å². The monoisotopic (exact) mass is 237 g/mol. The second-order valence-corrected chi connectivity index (χ2v) is 4.54. The molecule has 0 saturated heterocycles. The van der Waals surface area contributed by atoms with Crippen LogP contribution in [0.3, 0.4) is 0 Å². The highest BCUT2D eigenvalue weighted by Crippen LogP contribution is 2.28. The van der Waals surface area contributed by atoms with E-state index in [4.69, 9.17) is 0 Å². The Hall–Kier alpha value is -2.29. The summed E-state index contributed by atoms with van der Waals surface area (Å²) in [5.74, 6) is 0. The first-order valence-electron chi connectivity index (χ1n) is 5.96. The molecular weight excluding hydrogens is 222 g/mol. The second-order valence-electron chi connectivity index (χ2n) is 4.54. The molecule has 0 aliphatic rings. The summed E-state index contributed by atoms with van der Waals surface area (Å²) in [6.07, 6.45) is 1.82. The van der Waals surface area contributed by atoms with E-state index in [1.807, 2.05) is 42.1 Å². The maximum absolute atomic E-state index is 4.54. The molecule has 0 bridgehead atoms. The Morgan fingerprint density at radius 3 is 1.89 bits per heavy atom. The molecule has 0 fully saturated rings. The molecule has 1 heterocycles. The minimum Gasteiger partial charge on any atom is -0.367 e. The van der Waals surface area contributed by atoms with Gasteiger partial charge in [-0.1, -0.05) is 36.4 Å². The van der Waals surface area contributed by atoms with Gasteiger partial charge in [0, 0.05) is 24.9 Å². The summed E-state index contributed by atoms with van der Waals surface area (Å²) in [5.41, 5.74) is 2.27. The van der Waals surface area contributed by atoms with Crippen LogP contribution in [0, 0.1) is 0 Å². The van der Waals surface area contributed by atoms with Crippen LogP contribution >= 0.6 is 0 Å². The van der Waals surface area contributed by atoms with Crippen LogP contribution in [0.1, 0.15) is 0 Å². The summed E-state index contributed by atoms with van der Waals surface area (Å²) in [6, 6.07) is 16.7. The van der Waals surface area contributed by atoms with Crippen molar-refractivity contribution in [3.8, 4) is 0 Å². The molecule has 0 radical (unpaired) electrons. The number of hydrogen-bond donors (Lipinski definition) is 0. The van der Waals surface area contributed by atoms with E-state index in [1.165, 1.54) is 10.8 Å². The van der Waals surface area contributed by atoms with E-state index < -0.39 is 0 Å². The van der Waals surface area contributed by atoms with Crippen LogP contribution in [0.25, 0.3) is 21.8 Å². The van der Waals surface area contributed by atoms with Crippen molar-refractivity contribution in [2.45, 2.75) is 0 Å². The van der Waals surface area contributed by atoms with Crippen molar-refractivity contribution in [3.05, 3.63) is 48.5 Å². The highest BCUT2D eigenvalue weighted by molar-refractivity contribution is 6.08. The molecule has 18 heavy (non-hydrogen) atoms. The van der Waals surface area contributed by atoms with Crippen LogP contribution in [0.15, 0.2) is 53.6 Å². The zero-order chi connectivity index (χ0) is 12.5. The van der Waals surface area contributed by atoms with Gasteiger partial charge >= 0.3 is 0 Å². The molecular formula is C15H15N3. The SMILES string of the molecule is CN(C)C=Nn1c2ccccc2c2ccccc21. The van der Waals surface area contributed by atoms with Gasteiger partial charge in [-0.15, -0.1) is 0 Å². The third-order valence-electron chi connectivity index (χ3n) is 2.95. The summed E-state index contributed by atoms with van der Waals surface area (Å²) in [4.78, 5) is 1.93. The second kappa shape index (κ2) is 4.18. The zero-order valence-corrected chi connectivity index (χ0v) is 10.5. The number of fused-ring (bicyclic) bond motifs is 3. The Balaban J connectivity index is 2.38. The first-order chi connectivity index (χ1) is 8.77. The van der Waals surface area contributed by atoms with E-state index in [2.05, 4.69) is 41.5 Å². The summed E-state index contributed by atoms with van der Waals surface area (Å²) >= 11 is 0. The molecule has 0 N–H and O–H groups in total. The molecule has 90 valence electrons. The summed E-state index contributed by atoms with van der Waals surface area (Å²) in [5, 5.41) is 7.02. The van der Waals surface area contributed by atoms with Gasteiger partial charge < -0.3 is 4.90 Å². The van der Waals surface area contributed by atoms with E-state index >= 15 is 0 Å². The van der Waals surface area contributed by atoms with E-state index in [1.54, 1.807) is 0 Å². The Labute approximate surface area is 106 Å². The fraction of sp³-hybridized carbons (Fsp3) is 0.133. The van der Waals surface area contributed by atoms with Gasteiger partial charge in [0.05, 0.1) is 11.0 Å². The van der Waals surface area contributed by atoms with E-state index in [-0.39, 0.29) is 0 Å². The molecule has 0 amide bonds. The van der Waals surface area contributed by atoms with Crippen molar-refractivity contribution in [3.63, 3.8) is 0 Å². The fourth-order valence-corrected chi connectivity index (χ4v) is 2.18. The lowest BCUT2D eigenvalue weighted by Gasteiger charge is -2.04. The molecule has 1 aromatic heterocycles. The molecule has 0 aliphatic carbocycles. The molecule has 0 unspecified atom stereocenters. The Morgan fingerprint density at radius 2 is 1.39 bits per heavy atom. The van der Waals surface area contributed by atoms with Crippen molar-refractivity contribution in [2.75, 3.05) is 14.1 Å². The van der Waals surface area contributed by atoms with Gasteiger partial charge in [0.25, 0.3) is 0 Å². The van der Waals surface area contributed by atoms with E-state index in [0.29, 0.717) is 0 Å². The highest BCUT2D eigenvalue weighted by Gasteiger charge is 2.07. The number of benzene rings is 2. The summed E-state index contributed by atoms with van der Waals surface area (Å²) < 4.78 is 1.99. The Morgan fingerprint density at radius 1 is 0.889 bits per heavy atom.